The molecule has 0 fully saturated rings. The molecule has 0 unspecified atom stereocenters. The van der Waals surface area contributed by atoms with Crippen molar-refractivity contribution in [2.45, 2.75) is 27.7 Å². The maximum atomic E-state index is 13.3. The highest BCUT2D eigenvalue weighted by atomic mass is 35.5. The van der Waals surface area contributed by atoms with Crippen LogP contribution in [0.25, 0.3) is 0 Å². The molecule has 0 bridgehead atoms. The summed E-state index contributed by atoms with van der Waals surface area (Å²) in [5.74, 6) is -0.759. The van der Waals surface area contributed by atoms with Gasteiger partial charge >= 0.3 is 0 Å². The van der Waals surface area contributed by atoms with Gasteiger partial charge in [-0.25, -0.2) is 4.39 Å². The lowest BCUT2D eigenvalue weighted by Gasteiger charge is -2.19. The van der Waals surface area contributed by atoms with E-state index in [0.717, 1.165) is 12.1 Å². The van der Waals surface area contributed by atoms with Crippen LogP contribution in [0.15, 0.2) is 17.2 Å². The van der Waals surface area contributed by atoms with Gasteiger partial charge in [0, 0.05) is 12.1 Å². The first-order valence-electron chi connectivity index (χ1n) is 6.36. The average molecular weight is 332 g/mol. The fourth-order valence-electron chi connectivity index (χ4n) is 1.42. The Balaban J connectivity index is 2.76. The fraction of sp³-hybridized carbons (Fsp3) is 0.429. The molecule has 1 rings (SSSR count). The number of nitrogens with one attached hydrogen (secondary N) is 2. The van der Waals surface area contributed by atoms with Crippen LogP contribution in [-0.2, 0) is 0 Å². The summed E-state index contributed by atoms with van der Waals surface area (Å²) in [6.45, 7) is 8.52. The minimum Gasteiger partial charge on any atom is -0.506 e. The molecule has 21 heavy (non-hydrogen) atoms. The summed E-state index contributed by atoms with van der Waals surface area (Å²) in [4.78, 5) is 0. The van der Waals surface area contributed by atoms with Gasteiger partial charge < -0.3 is 10.4 Å². The monoisotopic (exact) mass is 331 g/mol. The van der Waals surface area contributed by atoms with Gasteiger partial charge in [0.15, 0.2) is 5.11 Å². The van der Waals surface area contributed by atoms with Crippen LogP contribution in [-0.4, -0.2) is 22.5 Å². The summed E-state index contributed by atoms with van der Waals surface area (Å²) in [7, 11) is 0. The number of hydrogen-bond donors (Lipinski definition) is 3. The van der Waals surface area contributed by atoms with E-state index >= 15 is 0 Å². The summed E-state index contributed by atoms with van der Waals surface area (Å²) in [5.41, 5.74) is 3.32. The second-order valence-electron chi connectivity index (χ2n) is 5.84. The Hall–Kier alpha value is -1.40. The standard InChI is InChI=1S/C14H19ClFN3OS/c1-8(10-5-9(16)6-11(15)12(10)20)18-19-13(21)17-7-14(2,3)4/h5-6,20H,7H2,1-4H3,(H2,17,19,21)/b18-8-. The van der Waals surface area contributed by atoms with E-state index in [2.05, 4.69) is 36.6 Å². The third-order valence-corrected chi connectivity index (χ3v) is 3.05. The van der Waals surface area contributed by atoms with E-state index in [4.69, 9.17) is 23.8 Å². The van der Waals surface area contributed by atoms with E-state index in [0.29, 0.717) is 17.4 Å². The largest absolute Gasteiger partial charge is 0.506 e. The summed E-state index contributed by atoms with van der Waals surface area (Å²) in [6.07, 6.45) is 0. The van der Waals surface area contributed by atoms with Crippen molar-refractivity contribution in [1.29, 1.82) is 0 Å². The first-order valence-corrected chi connectivity index (χ1v) is 7.15. The van der Waals surface area contributed by atoms with Crippen molar-refractivity contribution >= 4 is 34.6 Å². The van der Waals surface area contributed by atoms with E-state index in [1.54, 1.807) is 6.92 Å². The van der Waals surface area contributed by atoms with Crippen molar-refractivity contribution in [3.8, 4) is 5.75 Å². The van der Waals surface area contributed by atoms with Crippen LogP contribution in [0, 0.1) is 11.2 Å². The Morgan fingerprint density at radius 1 is 1.43 bits per heavy atom. The molecule has 0 amide bonds. The molecule has 1 aromatic carbocycles. The molecule has 0 aliphatic carbocycles. The number of phenols is 1. The molecule has 0 aliphatic rings. The quantitative estimate of drug-likeness (QED) is 0.451. The Kier molecular flexibility index (Phi) is 5.92. The van der Waals surface area contributed by atoms with Crippen LogP contribution < -0.4 is 10.7 Å². The average Bonchev–Trinajstić information content (AvgIpc) is 2.36. The van der Waals surface area contributed by atoms with E-state index in [1.165, 1.54) is 0 Å². The molecule has 7 heteroatoms. The SMILES string of the molecule is C/C(=N/NC(=S)NCC(C)(C)C)c1cc(F)cc(Cl)c1O. The molecule has 0 heterocycles. The molecule has 0 spiro atoms. The topological polar surface area (TPSA) is 56.7 Å². The molecule has 0 saturated carbocycles. The minimum absolute atomic E-state index is 0.0621. The van der Waals surface area contributed by atoms with Crippen LogP contribution in [0.4, 0.5) is 4.39 Å². The maximum absolute atomic E-state index is 13.3. The summed E-state index contributed by atoms with van der Waals surface area (Å²) in [6, 6.07) is 2.20. The van der Waals surface area contributed by atoms with Gasteiger partial charge in [-0.2, -0.15) is 5.10 Å². The van der Waals surface area contributed by atoms with Crippen molar-refractivity contribution in [3.63, 3.8) is 0 Å². The number of phenolic OH excluding ortho intramolecular Hbond substituents is 1. The smallest absolute Gasteiger partial charge is 0.186 e. The lowest BCUT2D eigenvalue weighted by Crippen LogP contribution is -2.37. The second kappa shape index (κ2) is 7.04. The molecule has 0 atom stereocenters. The Morgan fingerprint density at radius 3 is 2.62 bits per heavy atom. The number of halogens is 2. The predicted octanol–water partition coefficient (Wildman–Crippen LogP) is 3.42. The van der Waals surface area contributed by atoms with Crippen molar-refractivity contribution < 1.29 is 9.50 Å². The number of hydrogen-bond acceptors (Lipinski definition) is 3. The number of thiocarbonyl (C=S) groups is 1. The van der Waals surface area contributed by atoms with E-state index in [-0.39, 0.29) is 21.8 Å². The normalized spacial score (nSPS) is 12.2. The van der Waals surface area contributed by atoms with Crippen LogP contribution in [0.5, 0.6) is 5.75 Å². The van der Waals surface area contributed by atoms with Crippen LogP contribution in [0.1, 0.15) is 33.3 Å². The number of rotatable bonds is 3. The fourth-order valence-corrected chi connectivity index (χ4v) is 1.75. The molecular weight excluding hydrogens is 313 g/mol. The Morgan fingerprint density at radius 2 is 2.05 bits per heavy atom. The van der Waals surface area contributed by atoms with Crippen molar-refractivity contribution in [1.82, 2.24) is 10.7 Å². The molecule has 1 aromatic rings. The zero-order valence-corrected chi connectivity index (χ0v) is 14.0. The first kappa shape index (κ1) is 17.7. The third kappa shape index (κ3) is 5.85. The van der Waals surface area contributed by atoms with Gasteiger partial charge in [-0.15, -0.1) is 0 Å². The van der Waals surface area contributed by atoms with Crippen molar-refractivity contribution in [3.05, 3.63) is 28.5 Å². The Labute approximate surface area is 134 Å². The van der Waals surface area contributed by atoms with Crippen molar-refractivity contribution in [2.24, 2.45) is 10.5 Å². The third-order valence-electron chi connectivity index (χ3n) is 2.52. The zero-order chi connectivity index (χ0) is 16.2. The lowest BCUT2D eigenvalue weighted by atomic mass is 9.97. The van der Waals surface area contributed by atoms with Gasteiger partial charge in [-0.3, -0.25) is 5.43 Å². The first-order chi connectivity index (χ1) is 9.60. The van der Waals surface area contributed by atoms with Gasteiger partial charge in [-0.05, 0) is 36.7 Å². The van der Waals surface area contributed by atoms with Gasteiger partial charge in [0.05, 0.1) is 10.7 Å². The van der Waals surface area contributed by atoms with E-state index < -0.39 is 5.82 Å². The van der Waals surface area contributed by atoms with Crippen LogP contribution in [0.2, 0.25) is 5.02 Å². The lowest BCUT2D eigenvalue weighted by molar-refractivity contribution is 0.408. The van der Waals surface area contributed by atoms with Crippen LogP contribution in [0.3, 0.4) is 0 Å². The Bertz CT molecular complexity index is 570. The highest BCUT2D eigenvalue weighted by Crippen LogP contribution is 2.28. The van der Waals surface area contributed by atoms with Gasteiger partial charge in [0.1, 0.15) is 11.6 Å². The summed E-state index contributed by atoms with van der Waals surface area (Å²) in [5, 5.41) is 17.1. The summed E-state index contributed by atoms with van der Waals surface area (Å²) >= 11 is 10.8. The van der Waals surface area contributed by atoms with Crippen molar-refractivity contribution in [2.75, 3.05) is 6.54 Å². The van der Waals surface area contributed by atoms with Gasteiger partial charge in [0.2, 0.25) is 0 Å². The molecule has 0 radical (unpaired) electrons. The number of aromatic hydroxyl groups is 1. The van der Waals surface area contributed by atoms with Crippen LogP contribution >= 0.6 is 23.8 Å². The summed E-state index contributed by atoms with van der Waals surface area (Å²) < 4.78 is 13.3. The highest BCUT2D eigenvalue weighted by molar-refractivity contribution is 7.80. The molecule has 116 valence electrons. The molecule has 0 aromatic heterocycles. The second-order valence-corrected chi connectivity index (χ2v) is 6.65. The molecule has 0 aliphatic heterocycles. The predicted molar refractivity (Wildman–Crippen MR) is 88.5 cm³/mol. The van der Waals surface area contributed by atoms with E-state index in [1.807, 2.05) is 0 Å². The van der Waals surface area contributed by atoms with E-state index in [9.17, 15) is 9.50 Å². The number of nitrogens with zero attached hydrogens (tertiary/aromatic N) is 1. The number of hydrazone groups is 1. The number of benzene rings is 1. The zero-order valence-electron chi connectivity index (χ0n) is 12.4. The maximum Gasteiger partial charge on any atom is 0.186 e. The minimum atomic E-state index is -0.546. The molecule has 0 saturated heterocycles. The molecular formula is C14H19ClFN3OS. The van der Waals surface area contributed by atoms with Gasteiger partial charge in [-0.1, -0.05) is 32.4 Å². The van der Waals surface area contributed by atoms with Gasteiger partial charge in [0.25, 0.3) is 0 Å². The highest BCUT2D eigenvalue weighted by Gasteiger charge is 2.12. The molecule has 3 N–H and O–H groups in total. The molecule has 4 nitrogen and oxygen atoms in total.